The van der Waals surface area contributed by atoms with E-state index in [-0.39, 0.29) is 5.75 Å². The minimum Gasteiger partial charge on any atom is -0.406 e. The molecule has 0 bridgehead atoms. The maximum Gasteiger partial charge on any atom is 0.573 e. The third kappa shape index (κ3) is 2.12. The Morgan fingerprint density at radius 3 is 2.17 bits per heavy atom. The fraction of sp³-hybridized carbons (Fsp3) is 0.500. The fourth-order valence-electron chi connectivity index (χ4n) is 2.51. The molecule has 1 spiro atoms. The average Bonchev–Trinajstić information content (AvgIpc) is 2.13. The van der Waals surface area contributed by atoms with Crippen molar-refractivity contribution in [3.8, 4) is 5.75 Å². The summed E-state index contributed by atoms with van der Waals surface area (Å²) < 4.78 is 39.8. The molecule has 2 saturated heterocycles. The van der Waals surface area contributed by atoms with Gasteiger partial charge in [0.05, 0.1) is 0 Å². The van der Waals surface area contributed by atoms with E-state index < -0.39 is 6.36 Å². The lowest BCUT2D eigenvalue weighted by molar-refractivity contribution is -0.274. The molecule has 1 aromatic carbocycles. The number of halogens is 3. The quantitative estimate of drug-likeness (QED) is 0.878. The van der Waals surface area contributed by atoms with Gasteiger partial charge in [-0.1, -0.05) is 0 Å². The number of hydrogen-bond donors (Lipinski definition) is 1. The summed E-state index contributed by atoms with van der Waals surface area (Å²) in [6, 6.07) is 6.04. The lowest BCUT2D eigenvalue weighted by Gasteiger charge is -2.57. The minimum atomic E-state index is -4.63. The van der Waals surface area contributed by atoms with Crippen molar-refractivity contribution in [3.05, 3.63) is 24.3 Å². The van der Waals surface area contributed by atoms with Crippen molar-refractivity contribution in [2.24, 2.45) is 5.41 Å². The smallest absolute Gasteiger partial charge is 0.406 e. The Balaban J connectivity index is 1.62. The number of rotatable bonds is 2. The highest BCUT2D eigenvalue weighted by Gasteiger charge is 2.47. The third-order valence-electron chi connectivity index (χ3n) is 3.49. The summed E-state index contributed by atoms with van der Waals surface area (Å²) in [6.07, 6.45) is -4.63. The van der Waals surface area contributed by atoms with E-state index in [0.29, 0.717) is 5.41 Å². The van der Waals surface area contributed by atoms with Gasteiger partial charge in [0, 0.05) is 37.3 Å². The molecule has 2 aliphatic heterocycles. The lowest BCUT2D eigenvalue weighted by Crippen LogP contribution is -2.71. The Bertz CT molecular complexity index is 432. The van der Waals surface area contributed by atoms with E-state index >= 15 is 0 Å². The van der Waals surface area contributed by atoms with Crippen molar-refractivity contribution in [1.82, 2.24) is 5.32 Å². The standard InChI is InChI=1S/C12H13F3N2O/c13-12(14,15)18-10-3-1-9(2-4-10)17-7-11(8-17)5-16-6-11/h1-4,16H,5-8H2. The van der Waals surface area contributed by atoms with Gasteiger partial charge >= 0.3 is 6.36 Å². The largest absolute Gasteiger partial charge is 0.573 e. The van der Waals surface area contributed by atoms with E-state index in [9.17, 15) is 13.2 Å². The second-order valence-corrected chi connectivity index (χ2v) is 5.00. The molecule has 0 unspecified atom stereocenters. The molecular weight excluding hydrogens is 245 g/mol. The van der Waals surface area contributed by atoms with Gasteiger partial charge in [0.15, 0.2) is 0 Å². The first kappa shape index (κ1) is 11.6. The molecule has 1 N–H and O–H groups in total. The van der Waals surface area contributed by atoms with Crippen LogP contribution in [0.15, 0.2) is 24.3 Å². The van der Waals surface area contributed by atoms with Gasteiger partial charge in [-0.15, -0.1) is 13.2 Å². The van der Waals surface area contributed by atoms with Gasteiger partial charge in [-0.3, -0.25) is 0 Å². The molecule has 2 fully saturated rings. The van der Waals surface area contributed by atoms with Gasteiger partial charge in [0.2, 0.25) is 0 Å². The number of hydrogen-bond acceptors (Lipinski definition) is 3. The zero-order valence-electron chi connectivity index (χ0n) is 9.63. The van der Waals surface area contributed by atoms with Crippen LogP contribution < -0.4 is 15.0 Å². The van der Waals surface area contributed by atoms with Crippen molar-refractivity contribution in [2.75, 3.05) is 31.1 Å². The lowest BCUT2D eigenvalue weighted by atomic mass is 9.74. The van der Waals surface area contributed by atoms with Crippen LogP contribution in [-0.4, -0.2) is 32.5 Å². The molecule has 0 saturated carbocycles. The molecule has 0 amide bonds. The highest BCUT2D eigenvalue weighted by Crippen LogP contribution is 2.37. The van der Waals surface area contributed by atoms with Crippen LogP contribution >= 0.6 is 0 Å². The first-order valence-corrected chi connectivity index (χ1v) is 5.77. The SMILES string of the molecule is FC(F)(F)Oc1ccc(N2CC3(CNC3)C2)cc1. The van der Waals surface area contributed by atoms with Gasteiger partial charge in [-0.25, -0.2) is 0 Å². The molecular formula is C12H13F3N2O. The number of nitrogens with zero attached hydrogens (tertiary/aromatic N) is 1. The first-order chi connectivity index (χ1) is 8.46. The number of ether oxygens (including phenoxy) is 1. The molecule has 1 aromatic rings. The molecule has 0 radical (unpaired) electrons. The monoisotopic (exact) mass is 258 g/mol. The van der Waals surface area contributed by atoms with Crippen LogP contribution in [0.1, 0.15) is 0 Å². The molecule has 18 heavy (non-hydrogen) atoms. The Hall–Kier alpha value is -1.43. The predicted molar refractivity (Wildman–Crippen MR) is 60.6 cm³/mol. The van der Waals surface area contributed by atoms with Gasteiger partial charge in [-0.05, 0) is 24.3 Å². The van der Waals surface area contributed by atoms with Crippen LogP contribution in [0.2, 0.25) is 0 Å². The van der Waals surface area contributed by atoms with Crippen molar-refractivity contribution in [1.29, 1.82) is 0 Å². The van der Waals surface area contributed by atoms with E-state index in [1.165, 1.54) is 12.1 Å². The number of alkyl halides is 3. The molecule has 3 nitrogen and oxygen atoms in total. The summed E-state index contributed by atoms with van der Waals surface area (Å²) in [5, 5.41) is 3.24. The Kier molecular flexibility index (Phi) is 2.45. The second-order valence-electron chi connectivity index (χ2n) is 5.00. The molecule has 0 atom stereocenters. The summed E-state index contributed by atoms with van der Waals surface area (Å²) in [6.45, 7) is 4.02. The summed E-state index contributed by atoms with van der Waals surface area (Å²) in [4.78, 5) is 2.16. The van der Waals surface area contributed by atoms with E-state index in [1.54, 1.807) is 12.1 Å². The Morgan fingerprint density at radius 2 is 1.72 bits per heavy atom. The van der Waals surface area contributed by atoms with Crippen LogP contribution in [0.25, 0.3) is 0 Å². The van der Waals surface area contributed by atoms with Gasteiger partial charge in [-0.2, -0.15) is 0 Å². The topological polar surface area (TPSA) is 24.5 Å². The molecule has 3 rings (SSSR count). The fourth-order valence-corrected chi connectivity index (χ4v) is 2.51. The Labute approximate surface area is 103 Å². The molecule has 0 aromatic heterocycles. The molecule has 98 valence electrons. The summed E-state index contributed by atoms with van der Waals surface area (Å²) in [7, 11) is 0. The number of nitrogens with one attached hydrogen (secondary N) is 1. The van der Waals surface area contributed by atoms with Crippen molar-refractivity contribution in [3.63, 3.8) is 0 Å². The third-order valence-corrected chi connectivity index (χ3v) is 3.49. The van der Waals surface area contributed by atoms with Crippen LogP contribution in [0, 0.1) is 5.41 Å². The van der Waals surface area contributed by atoms with Gasteiger partial charge < -0.3 is 15.0 Å². The molecule has 2 heterocycles. The van der Waals surface area contributed by atoms with Crippen LogP contribution in [0.3, 0.4) is 0 Å². The molecule has 2 aliphatic rings. The van der Waals surface area contributed by atoms with Crippen LogP contribution in [-0.2, 0) is 0 Å². The zero-order chi connectivity index (χ0) is 12.8. The average molecular weight is 258 g/mol. The summed E-state index contributed by atoms with van der Waals surface area (Å²) >= 11 is 0. The van der Waals surface area contributed by atoms with E-state index in [1.807, 2.05) is 0 Å². The Morgan fingerprint density at radius 1 is 1.11 bits per heavy atom. The minimum absolute atomic E-state index is 0.174. The van der Waals surface area contributed by atoms with E-state index in [0.717, 1.165) is 31.9 Å². The number of benzene rings is 1. The first-order valence-electron chi connectivity index (χ1n) is 5.77. The highest BCUT2D eigenvalue weighted by molar-refractivity contribution is 5.52. The normalized spacial score (nSPS) is 21.4. The molecule has 0 aliphatic carbocycles. The zero-order valence-corrected chi connectivity index (χ0v) is 9.63. The van der Waals surface area contributed by atoms with Crippen LogP contribution in [0.5, 0.6) is 5.75 Å². The summed E-state index contributed by atoms with van der Waals surface area (Å²) in [5.41, 5.74) is 1.35. The highest BCUT2D eigenvalue weighted by atomic mass is 19.4. The van der Waals surface area contributed by atoms with Gasteiger partial charge in [0.1, 0.15) is 5.75 Å². The van der Waals surface area contributed by atoms with Crippen molar-refractivity contribution < 1.29 is 17.9 Å². The van der Waals surface area contributed by atoms with Gasteiger partial charge in [0.25, 0.3) is 0 Å². The van der Waals surface area contributed by atoms with Crippen molar-refractivity contribution >= 4 is 5.69 Å². The number of anilines is 1. The van der Waals surface area contributed by atoms with E-state index in [4.69, 9.17) is 0 Å². The summed E-state index contributed by atoms with van der Waals surface area (Å²) in [5.74, 6) is -0.174. The van der Waals surface area contributed by atoms with Crippen LogP contribution in [0.4, 0.5) is 18.9 Å². The maximum absolute atomic E-state index is 12.0. The predicted octanol–water partition coefficient (Wildman–Crippen LogP) is 1.99. The molecule has 6 heteroatoms. The van der Waals surface area contributed by atoms with E-state index in [2.05, 4.69) is 15.0 Å². The maximum atomic E-state index is 12.0. The second kappa shape index (κ2) is 3.78. The van der Waals surface area contributed by atoms with Crippen molar-refractivity contribution in [2.45, 2.75) is 6.36 Å².